The van der Waals surface area contributed by atoms with Crippen LogP contribution in [0.3, 0.4) is 0 Å². The molecular formula is C12H17N3O. The van der Waals surface area contributed by atoms with Gasteiger partial charge in [0.05, 0.1) is 0 Å². The number of rotatable bonds is 2. The Hall–Kier alpha value is -1.45. The Morgan fingerprint density at radius 1 is 1.38 bits per heavy atom. The second kappa shape index (κ2) is 4.60. The fourth-order valence-corrected chi connectivity index (χ4v) is 2.08. The predicted octanol–water partition coefficient (Wildman–Crippen LogP) is 1.73. The first kappa shape index (κ1) is 11.0. The van der Waals surface area contributed by atoms with Crippen molar-refractivity contribution in [2.24, 2.45) is 0 Å². The van der Waals surface area contributed by atoms with Crippen molar-refractivity contribution >= 4 is 11.7 Å². The zero-order chi connectivity index (χ0) is 11.5. The quantitative estimate of drug-likeness (QED) is 0.760. The molecule has 1 heterocycles. The van der Waals surface area contributed by atoms with Gasteiger partial charge in [-0.1, -0.05) is 0 Å². The SMILES string of the molecule is Cc1ccnc(N(C)C2CCC(=O)CC2)n1. The van der Waals surface area contributed by atoms with Crippen LogP contribution >= 0.6 is 0 Å². The summed E-state index contributed by atoms with van der Waals surface area (Å²) < 4.78 is 0. The Morgan fingerprint density at radius 2 is 2.06 bits per heavy atom. The molecule has 0 atom stereocenters. The predicted molar refractivity (Wildman–Crippen MR) is 62.4 cm³/mol. The van der Waals surface area contributed by atoms with E-state index in [0.717, 1.165) is 24.5 Å². The van der Waals surface area contributed by atoms with Crippen molar-refractivity contribution in [3.8, 4) is 0 Å². The lowest BCUT2D eigenvalue weighted by Crippen LogP contribution is -2.36. The van der Waals surface area contributed by atoms with E-state index in [1.165, 1.54) is 0 Å². The van der Waals surface area contributed by atoms with E-state index in [1.54, 1.807) is 6.20 Å². The van der Waals surface area contributed by atoms with E-state index in [9.17, 15) is 4.79 Å². The minimum Gasteiger partial charge on any atom is -0.341 e. The standard InChI is InChI=1S/C12H17N3O/c1-9-7-8-13-12(14-9)15(2)10-3-5-11(16)6-4-10/h7-8,10H,3-6H2,1-2H3. The number of hydrogen-bond acceptors (Lipinski definition) is 4. The maximum absolute atomic E-state index is 11.2. The van der Waals surface area contributed by atoms with E-state index >= 15 is 0 Å². The third kappa shape index (κ3) is 2.38. The zero-order valence-electron chi connectivity index (χ0n) is 9.81. The number of hydrogen-bond donors (Lipinski definition) is 0. The maximum atomic E-state index is 11.2. The van der Waals surface area contributed by atoms with Crippen LogP contribution in [0.25, 0.3) is 0 Å². The van der Waals surface area contributed by atoms with Gasteiger partial charge in [-0.2, -0.15) is 0 Å². The minimum atomic E-state index is 0.384. The van der Waals surface area contributed by atoms with Crippen LogP contribution in [0.4, 0.5) is 5.95 Å². The number of Topliss-reactive ketones (excluding diaryl/α,β-unsaturated/α-hetero) is 1. The zero-order valence-corrected chi connectivity index (χ0v) is 9.81. The van der Waals surface area contributed by atoms with Gasteiger partial charge >= 0.3 is 0 Å². The van der Waals surface area contributed by atoms with Gasteiger partial charge < -0.3 is 4.90 Å². The Bertz CT molecular complexity index is 382. The molecule has 0 bridgehead atoms. The van der Waals surface area contributed by atoms with Crippen LogP contribution < -0.4 is 4.90 Å². The fourth-order valence-electron chi connectivity index (χ4n) is 2.08. The second-order valence-electron chi connectivity index (χ2n) is 4.38. The minimum absolute atomic E-state index is 0.384. The van der Waals surface area contributed by atoms with Crippen molar-refractivity contribution in [2.45, 2.75) is 38.6 Å². The number of carbonyl (C=O) groups is 1. The summed E-state index contributed by atoms with van der Waals surface area (Å²) >= 11 is 0. The molecule has 0 saturated heterocycles. The summed E-state index contributed by atoms with van der Waals surface area (Å²) in [4.78, 5) is 21.9. The van der Waals surface area contributed by atoms with Gasteiger partial charge in [-0.05, 0) is 25.8 Å². The van der Waals surface area contributed by atoms with Crippen molar-refractivity contribution in [2.75, 3.05) is 11.9 Å². The number of aromatic nitrogens is 2. The highest BCUT2D eigenvalue weighted by Crippen LogP contribution is 2.22. The molecule has 1 saturated carbocycles. The Kier molecular flexibility index (Phi) is 3.17. The molecule has 1 aromatic rings. The van der Waals surface area contributed by atoms with E-state index in [1.807, 2.05) is 20.0 Å². The summed E-state index contributed by atoms with van der Waals surface area (Å²) in [7, 11) is 2.01. The van der Waals surface area contributed by atoms with E-state index in [4.69, 9.17) is 0 Å². The first-order valence-electron chi connectivity index (χ1n) is 5.71. The summed E-state index contributed by atoms with van der Waals surface area (Å²) in [6.07, 6.45) is 5.02. The summed E-state index contributed by atoms with van der Waals surface area (Å²) in [6, 6.07) is 2.29. The van der Waals surface area contributed by atoms with E-state index in [0.29, 0.717) is 24.7 Å². The van der Waals surface area contributed by atoms with Crippen molar-refractivity contribution in [3.63, 3.8) is 0 Å². The van der Waals surface area contributed by atoms with Gasteiger partial charge in [0.25, 0.3) is 0 Å². The number of ketones is 1. The Labute approximate surface area is 95.7 Å². The van der Waals surface area contributed by atoms with Crippen LogP contribution in [0, 0.1) is 6.92 Å². The molecule has 16 heavy (non-hydrogen) atoms. The summed E-state index contributed by atoms with van der Waals surface area (Å²) in [5.74, 6) is 1.15. The van der Waals surface area contributed by atoms with Crippen LogP contribution in [0.15, 0.2) is 12.3 Å². The molecule has 0 N–H and O–H groups in total. The van der Waals surface area contributed by atoms with Crippen LogP contribution in [0.1, 0.15) is 31.4 Å². The van der Waals surface area contributed by atoms with Gasteiger partial charge in [0.1, 0.15) is 5.78 Å². The van der Waals surface area contributed by atoms with Crippen LogP contribution in [-0.2, 0) is 4.79 Å². The van der Waals surface area contributed by atoms with E-state index in [2.05, 4.69) is 14.9 Å². The van der Waals surface area contributed by atoms with Gasteiger partial charge in [-0.15, -0.1) is 0 Å². The molecule has 0 spiro atoms. The third-order valence-electron chi connectivity index (χ3n) is 3.16. The molecule has 0 unspecified atom stereocenters. The van der Waals surface area contributed by atoms with Gasteiger partial charge in [0, 0.05) is 37.8 Å². The fraction of sp³-hybridized carbons (Fsp3) is 0.583. The third-order valence-corrected chi connectivity index (χ3v) is 3.16. The topological polar surface area (TPSA) is 46.1 Å². The molecule has 4 heteroatoms. The van der Waals surface area contributed by atoms with Gasteiger partial charge in [-0.25, -0.2) is 9.97 Å². The summed E-state index contributed by atoms with van der Waals surface area (Å²) in [6.45, 7) is 1.96. The van der Waals surface area contributed by atoms with Crippen LogP contribution in [0.2, 0.25) is 0 Å². The molecule has 0 aliphatic heterocycles. The molecule has 0 aromatic carbocycles. The van der Waals surface area contributed by atoms with Gasteiger partial charge in [-0.3, -0.25) is 4.79 Å². The monoisotopic (exact) mass is 219 g/mol. The molecule has 1 aliphatic carbocycles. The molecule has 1 fully saturated rings. The molecule has 4 nitrogen and oxygen atoms in total. The molecule has 86 valence electrons. The molecule has 2 rings (SSSR count). The number of carbonyl (C=O) groups excluding carboxylic acids is 1. The van der Waals surface area contributed by atoms with Crippen molar-refractivity contribution < 1.29 is 4.79 Å². The Morgan fingerprint density at radius 3 is 2.69 bits per heavy atom. The molecular weight excluding hydrogens is 202 g/mol. The maximum Gasteiger partial charge on any atom is 0.225 e. The molecule has 0 amide bonds. The van der Waals surface area contributed by atoms with Gasteiger partial charge in [0.2, 0.25) is 5.95 Å². The lowest BCUT2D eigenvalue weighted by molar-refractivity contribution is -0.120. The highest BCUT2D eigenvalue weighted by Gasteiger charge is 2.23. The van der Waals surface area contributed by atoms with Crippen LogP contribution in [0.5, 0.6) is 0 Å². The summed E-state index contributed by atoms with van der Waals surface area (Å²) in [5, 5.41) is 0. The number of anilines is 1. The second-order valence-corrected chi connectivity index (χ2v) is 4.38. The molecule has 1 aliphatic rings. The average Bonchev–Trinajstić information content (AvgIpc) is 2.29. The van der Waals surface area contributed by atoms with Gasteiger partial charge in [0.15, 0.2) is 0 Å². The number of nitrogens with zero attached hydrogens (tertiary/aromatic N) is 3. The highest BCUT2D eigenvalue weighted by molar-refractivity contribution is 5.79. The average molecular weight is 219 g/mol. The van der Waals surface area contributed by atoms with E-state index < -0.39 is 0 Å². The van der Waals surface area contributed by atoms with Crippen LogP contribution in [-0.4, -0.2) is 28.8 Å². The lowest BCUT2D eigenvalue weighted by atomic mass is 9.93. The molecule has 1 aromatic heterocycles. The van der Waals surface area contributed by atoms with Crippen molar-refractivity contribution in [1.82, 2.24) is 9.97 Å². The largest absolute Gasteiger partial charge is 0.341 e. The van der Waals surface area contributed by atoms with E-state index in [-0.39, 0.29) is 0 Å². The smallest absolute Gasteiger partial charge is 0.225 e. The molecule has 0 radical (unpaired) electrons. The van der Waals surface area contributed by atoms with Crippen molar-refractivity contribution in [3.05, 3.63) is 18.0 Å². The Balaban J connectivity index is 2.07. The normalized spacial score (nSPS) is 17.5. The highest BCUT2D eigenvalue weighted by atomic mass is 16.1. The first-order chi connectivity index (χ1) is 7.66. The summed E-state index contributed by atoms with van der Waals surface area (Å²) in [5.41, 5.74) is 0.976. The first-order valence-corrected chi connectivity index (χ1v) is 5.71. The lowest BCUT2D eigenvalue weighted by Gasteiger charge is -2.30. The number of aryl methyl sites for hydroxylation is 1. The van der Waals surface area contributed by atoms with Crippen molar-refractivity contribution in [1.29, 1.82) is 0 Å².